The monoisotopic (exact) mass is 688 g/mol. The Morgan fingerprint density at radius 2 is 0.667 bits per heavy atom. The van der Waals surface area contributed by atoms with E-state index in [0.29, 0.717) is 0 Å². The van der Waals surface area contributed by atoms with E-state index in [-0.39, 0.29) is 0 Å². The Kier molecular flexibility index (Phi) is 7.85. The molecule has 0 amide bonds. The zero-order valence-corrected chi connectivity index (χ0v) is 29.7. The smallest absolute Gasteiger partial charge is 0.0540 e. The Morgan fingerprint density at radius 1 is 0.241 bits per heavy atom. The van der Waals surface area contributed by atoms with Crippen LogP contribution in [0.25, 0.3) is 54.6 Å². The standard InChI is InChI=1S/C52H36N2/c1-5-15-37(16-6-1)46-23-13-14-24-49(46)54(43-21-11-4-12-22-43)44-31-25-38(26-32-44)45-33-27-39-29-35-48-50(36-30-40-28-34-47(45)51(39)52(40)48)53(41-17-7-2-8-18-41)42-19-9-3-10-20-42/h1-36H. The van der Waals surface area contributed by atoms with Crippen molar-refractivity contribution in [2.75, 3.05) is 9.80 Å². The molecule has 0 radical (unpaired) electrons. The molecule has 0 unspecified atom stereocenters. The van der Waals surface area contributed by atoms with E-state index < -0.39 is 0 Å². The van der Waals surface area contributed by atoms with Crippen LogP contribution in [-0.4, -0.2) is 0 Å². The van der Waals surface area contributed by atoms with Gasteiger partial charge in [-0.25, -0.2) is 0 Å². The normalized spacial score (nSPS) is 11.3. The molecule has 0 heterocycles. The summed E-state index contributed by atoms with van der Waals surface area (Å²) < 4.78 is 0. The fourth-order valence-electron chi connectivity index (χ4n) is 8.14. The van der Waals surface area contributed by atoms with Crippen LogP contribution in [0.1, 0.15) is 0 Å². The van der Waals surface area contributed by atoms with Gasteiger partial charge in [0.05, 0.1) is 11.4 Å². The Bertz CT molecular complexity index is 2810. The van der Waals surface area contributed by atoms with Gasteiger partial charge >= 0.3 is 0 Å². The molecule has 54 heavy (non-hydrogen) atoms. The van der Waals surface area contributed by atoms with E-state index in [2.05, 4.69) is 228 Å². The first-order valence-corrected chi connectivity index (χ1v) is 18.5. The van der Waals surface area contributed by atoms with E-state index in [4.69, 9.17) is 0 Å². The zero-order valence-electron chi connectivity index (χ0n) is 29.7. The average Bonchev–Trinajstić information content (AvgIpc) is 3.25. The number of anilines is 6. The van der Waals surface area contributed by atoms with E-state index in [9.17, 15) is 0 Å². The number of hydrogen-bond donors (Lipinski definition) is 0. The van der Waals surface area contributed by atoms with Crippen LogP contribution in [0.5, 0.6) is 0 Å². The maximum Gasteiger partial charge on any atom is 0.0540 e. The fraction of sp³-hybridized carbons (Fsp3) is 0. The minimum Gasteiger partial charge on any atom is -0.310 e. The van der Waals surface area contributed by atoms with Crippen molar-refractivity contribution in [2.24, 2.45) is 0 Å². The van der Waals surface area contributed by atoms with Crippen molar-refractivity contribution in [3.8, 4) is 22.3 Å². The van der Waals surface area contributed by atoms with Crippen LogP contribution in [0.4, 0.5) is 34.1 Å². The van der Waals surface area contributed by atoms with Gasteiger partial charge in [0.25, 0.3) is 0 Å². The number of para-hydroxylation sites is 4. The van der Waals surface area contributed by atoms with Crippen LogP contribution in [0.15, 0.2) is 218 Å². The van der Waals surface area contributed by atoms with Crippen molar-refractivity contribution in [3.63, 3.8) is 0 Å². The van der Waals surface area contributed by atoms with Crippen molar-refractivity contribution in [1.82, 2.24) is 0 Å². The topological polar surface area (TPSA) is 6.48 Å². The molecule has 0 spiro atoms. The van der Waals surface area contributed by atoms with Gasteiger partial charge in [0.15, 0.2) is 0 Å². The first kappa shape index (κ1) is 31.6. The average molecular weight is 689 g/mol. The van der Waals surface area contributed by atoms with Crippen molar-refractivity contribution < 1.29 is 0 Å². The molecular weight excluding hydrogens is 653 g/mol. The van der Waals surface area contributed by atoms with Crippen molar-refractivity contribution >= 4 is 66.4 Å². The van der Waals surface area contributed by atoms with Crippen LogP contribution < -0.4 is 9.80 Å². The van der Waals surface area contributed by atoms with Gasteiger partial charge < -0.3 is 9.80 Å². The summed E-state index contributed by atoms with van der Waals surface area (Å²) in [5.74, 6) is 0. The molecule has 0 aromatic heterocycles. The summed E-state index contributed by atoms with van der Waals surface area (Å²) in [5, 5.41) is 7.59. The highest BCUT2D eigenvalue weighted by atomic mass is 15.1. The maximum absolute atomic E-state index is 2.37. The van der Waals surface area contributed by atoms with E-state index >= 15 is 0 Å². The number of nitrogens with zero attached hydrogens (tertiary/aromatic N) is 2. The predicted molar refractivity (Wildman–Crippen MR) is 230 cm³/mol. The highest BCUT2D eigenvalue weighted by molar-refractivity contribution is 6.27. The molecule has 254 valence electrons. The number of rotatable bonds is 8. The van der Waals surface area contributed by atoms with E-state index in [0.717, 1.165) is 28.4 Å². The van der Waals surface area contributed by atoms with Gasteiger partial charge in [-0.05, 0) is 104 Å². The number of hydrogen-bond acceptors (Lipinski definition) is 2. The maximum atomic E-state index is 2.37. The molecule has 0 saturated heterocycles. The summed E-state index contributed by atoms with van der Waals surface area (Å²) in [5.41, 5.74) is 11.6. The highest BCUT2D eigenvalue weighted by Gasteiger charge is 2.20. The lowest BCUT2D eigenvalue weighted by molar-refractivity contribution is 1.28. The molecule has 10 aromatic carbocycles. The molecule has 2 heteroatoms. The zero-order chi connectivity index (χ0) is 35.8. The Labute approximate surface area is 315 Å². The molecule has 10 rings (SSSR count). The minimum atomic E-state index is 1.11. The molecular formula is C52H36N2. The van der Waals surface area contributed by atoms with E-state index in [1.165, 1.54) is 60.3 Å². The van der Waals surface area contributed by atoms with Crippen LogP contribution in [0.3, 0.4) is 0 Å². The third kappa shape index (κ3) is 5.44. The lowest BCUT2D eigenvalue weighted by Gasteiger charge is -2.28. The van der Waals surface area contributed by atoms with Gasteiger partial charge in [-0.2, -0.15) is 0 Å². The second-order valence-corrected chi connectivity index (χ2v) is 13.7. The SMILES string of the molecule is c1ccc(-c2ccccc2N(c2ccccc2)c2ccc(-c3ccc4ccc5c(N(c6ccccc6)c6ccccc6)ccc6ccc3c4c65)cc2)cc1. The van der Waals surface area contributed by atoms with E-state index in [1.807, 2.05) is 0 Å². The molecule has 2 nitrogen and oxygen atoms in total. The molecule has 0 aliphatic rings. The third-order valence-electron chi connectivity index (χ3n) is 10.6. The second-order valence-electron chi connectivity index (χ2n) is 13.7. The Balaban J connectivity index is 1.11. The van der Waals surface area contributed by atoms with Crippen LogP contribution in [0, 0.1) is 0 Å². The molecule has 10 aromatic rings. The molecule has 0 bridgehead atoms. The lowest BCUT2D eigenvalue weighted by Crippen LogP contribution is -2.11. The quantitative estimate of drug-likeness (QED) is 0.147. The van der Waals surface area contributed by atoms with Gasteiger partial charge in [-0.3, -0.25) is 0 Å². The summed E-state index contributed by atoms with van der Waals surface area (Å²) in [4.78, 5) is 4.74. The second kappa shape index (κ2) is 13.4. The van der Waals surface area contributed by atoms with Gasteiger partial charge in [-0.1, -0.05) is 158 Å². The molecule has 0 atom stereocenters. The fourth-order valence-corrected chi connectivity index (χ4v) is 8.14. The molecule has 0 aliphatic heterocycles. The first-order chi connectivity index (χ1) is 26.8. The summed E-state index contributed by atoms with van der Waals surface area (Å²) in [6.45, 7) is 0. The van der Waals surface area contributed by atoms with Gasteiger partial charge in [-0.15, -0.1) is 0 Å². The summed E-state index contributed by atoms with van der Waals surface area (Å²) in [6.07, 6.45) is 0. The Hall–Kier alpha value is -7.16. The molecule has 0 fully saturated rings. The molecule has 0 N–H and O–H groups in total. The van der Waals surface area contributed by atoms with Gasteiger partial charge in [0.1, 0.15) is 0 Å². The van der Waals surface area contributed by atoms with Crippen LogP contribution in [0.2, 0.25) is 0 Å². The lowest BCUT2D eigenvalue weighted by atomic mass is 9.89. The van der Waals surface area contributed by atoms with Crippen molar-refractivity contribution in [1.29, 1.82) is 0 Å². The predicted octanol–water partition coefficient (Wildman–Crippen LogP) is 14.9. The van der Waals surface area contributed by atoms with Crippen molar-refractivity contribution in [2.45, 2.75) is 0 Å². The Morgan fingerprint density at radius 3 is 1.28 bits per heavy atom. The van der Waals surface area contributed by atoms with Crippen LogP contribution in [-0.2, 0) is 0 Å². The molecule has 0 saturated carbocycles. The van der Waals surface area contributed by atoms with Gasteiger partial charge in [0, 0.05) is 33.7 Å². The summed E-state index contributed by atoms with van der Waals surface area (Å²) >= 11 is 0. The first-order valence-electron chi connectivity index (χ1n) is 18.5. The number of benzene rings is 10. The minimum absolute atomic E-state index is 1.11. The van der Waals surface area contributed by atoms with Crippen LogP contribution >= 0.6 is 0 Å². The highest BCUT2D eigenvalue weighted by Crippen LogP contribution is 2.46. The summed E-state index contributed by atoms with van der Waals surface area (Å²) in [7, 11) is 0. The van der Waals surface area contributed by atoms with Gasteiger partial charge in [0.2, 0.25) is 0 Å². The summed E-state index contributed by atoms with van der Waals surface area (Å²) in [6, 6.07) is 78.7. The third-order valence-corrected chi connectivity index (χ3v) is 10.6. The van der Waals surface area contributed by atoms with E-state index in [1.54, 1.807) is 0 Å². The van der Waals surface area contributed by atoms with Crippen molar-refractivity contribution in [3.05, 3.63) is 218 Å². The molecule has 0 aliphatic carbocycles. The largest absolute Gasteiger partial charge is 0.310 e.